The van der Waals surface area contributed by atoms with Gasteiger partial charge in [0.05, 0.1) is 5.56 Å². The van der Waals surface area contributed by atoms with Crippen molar-refractivity contribution in [1.82, 2.24) is 5.32 Å². The van der Waals surface area contributed by atoms with Crippen LogP contribution in [-0.4, -0.2) is 30.2 Å². The number of carboxylic acid groups (broad SMARTS) is 1. The van der Waals surface area contributed by atoms with Gasteiger partial charge in [0.25, 0.3) is 0 Å². The van der Waals surface area contributed by atoms with Crippen LogP contribution < -0.4 is 14.8 Å². The highest BCUT2D eigenvalue weighted by Crippen LogP contribution is 2.30. The lowest BCUT2D eigenvalue weighted by Crippen LogP contribution is -2.23. The largest absolute Gasteiger partial charge is 0.486 e. The Kier molecular flexibility index (Phi) is 5.18. The molecule has 2 N–H and O–H groups in total. The number of hydrogen-bond donors (Lipinski definition) is 2. The van der Waals surface area contributed by atoms with Crippen LogP contribution in [0, 0.1) is 0 Å². The molecule has 0 spiro atoms. The van der Waals surface area contributed by atoms with Crippen LogP contribution in [0.15, 0.2) is 42.5 Å². The standard InChI is InChI=1S/C19H19NO5/c21-18(8-6-14-3-1-2-4-15(14)19(22)23)20-12-13-5-7-16-17(11-13)25-10-9-24-16/h1-5,7,11H,6,8-10,12H2,(H,20,21)(H,22,23). The first-order valence-corrected chi connectivity index (χ1v) is 8.10. The Morgan fingerprint density at radius 1 is 1.04 bits per heavy atom. The van der Waals surface area contributed by atoms with Crippen molar-refractivity contribution in [3.05, 3.63) is 59.2 Å². The van der Waals surface area contributed by atoms with E-state index in [1.165, 1.54) is 0 Å². The number of rotatable bonds is 6. The number of carbonyl (C=O) groups is 2. The molecule has 6 nitrogen and oxygen atoms in total. The fraction of sp³-hybridized carbons (Fsp3) is 0.263. The van der Waals surface area contributed by atoms with Gasteiger partial charge < -0.3 is 19.9 Å². The van der Waals surface area contributed by atoms with Gasteiger partial charge in [0.2, 0.25) is 5.91 Å². The molecule has 2 aromatic carbocycles. The molecule has 0 aromatic heterocycles. The zero-order valence-electron chi connectivity index (χ0n) is 13.7. The van der Waals surface area contributed by atoms with Gasteiger partial charge in [-0.25, -0.2) is 4.79 Å². The predicted octanol–water partition coefficient (Wildman–Crippen LogP) is 2.41. The number of carbonyl (C=O) groups excluding carboxylic acids is 1. The Hall–Kier alpha value is -3.02. The van der Waals surface area contributed by atoms with Gasteiger partial charge in [-0.3, -0.25) is 4.79 Å². The topological polar surface area (TPSA) is 84.9 Å². The van der Waals surface area contributed by atoms with Crippen molar-refractivity contribution in [2.24, 2.45) is 0 Å². The molecule has 25 heavy (non-hydrogen) atoms. The van der Waals surface area contributed by atoms with Gasteiger partial charge in [0, 0.05) is 13.0 Å². The SMILES string of the molecule is O=C(CCc1ccccc1C(=O)O)NCc1ccc2c(c1)OCCO2. The number of aryl methyl sites for hydroxylation is 1. The van der Waals surface area contributed by atoms with Crippen LogP contribution in [0.2, 0.25) is 0 Å². The van der Waals surface area contributed by atoms with Crippen LogP contribution in [0.3, 0.4) is 0 Å². The Labute approximate surface area is 145 Å². The van der Waals surface area contributed by atoms with Gasteiger partial charge in [-0.1, -0.05) is 24.3 Å². The van der Waals surface area contributed by atoms with E-state index in [9.17, 15) is 9.59 Å². The van der Waals surface area contributed by atoms with Crippen LogP contribution in [-0.2, 0) is 17.8 Å². The van der Waals surface area contributed by atoms with Crippen LogP contribution in [0.25, 0.3) is 0 Å². The Bertz CT molecular complexity index is 787. The van der Waals surface area contributed by atoms with Gasteiger partial charge in [-0.05, 0) is 35.7 Å². The molecular formula is C19H19NO5. The van der Waals surface area contributed by atoms with Gasteiger partial charge in [0.15, 0.2) is 11.5 Å². The highest BCUT2D eigenvalue weighted by molar-refractivity contribution is 5.89. The number of amides is 1. The summed E-state index contributed by atoms with van der Waals surface area (Å²) in [4.78, 5) is 23.2. The lowest BCUT2D eigenvalue weighted by atomic mass is 10.0. The van der Waals surface area contributed by atoms with E-state index >= 15 is 0 Å². The van der Waals surface area contributed by atoms with Crippen LogP contribution >= 0.6 is 0 Å². The van der Waals surface area contributed by atoms with Crippen LogP contribution in [0.5, 0.6) is 11.5 Å². The summed E-state index contributed by atoms with van der Waals surface area (Å²) in [7, 11) is 0. The zero-order valence-corrected chi connectivity index (χ0v) is 13.7. The van der Waals surface area contributed by atoms with Gasteiger partial charge >= 0.3 is 5.97 Å². The minimum Gasteiger partial charge on any atom is -0.486 e. The van der Waals surface area contributed by atoms with Gasteiger partial charge in [0.1, 0.15) is 13.2 Å². The molecular weight excluding hydrogens is 322 g/mol. The van der Waals surface area contributed by atoms with Crippen molar-refractivity contribution < 1.29 is 24.2 Å². The van der Waals surface area contributed by atoms with Gasteiger partial charge in [-0.15, -0.1) is 0 Å². The number of hydrogen-bond acceptors (Lipinski definition) is 4. The maximum Gasteiger partial charge on any atom is 0.335 e. The number of carboxylic acids is 1. The molecule has 0 bridgehead atoms. The second-order valence-electron chi connectivity index (χ2n) is 5.72. The fourth-order valence-electron chi connectivity index (χ4n) is 2.68. The van der Waals surface area contributed by atoms with Crippen molar-refractivity contribution in [3.8, 4) is 11.5 Å². The zero-order chi connectivity index (χ0) is 17.6. The van der Waals surface area contributed by atoms with Crippen molar-refractivity contribution >= 4 is 11.9 Å². The molecule has 3 rings (SSSR count). The van der Waals surface area contributed by atoms with Gasteiger partial charge in [-0.2, -0.15) is 0 Å². The number of nitrogens with one attached hydrogen (secondary N) is 1. The monoisotopic (exact) mass is 341 g/mol. The number of ether oxygens (including phenoxy) is 2. The summed E-state index contributed by atoms with van der Waals surface area (Å²) in [5.41, 5.74) is 1.81. The van der Waals surface area contributed by atoms with Crippen LogP contribution in [0.4, 0.5) is 0 Å². The van der Waals surface area contributed by atoms with E-state index in [-0.39, 0.29) is 17.9 Å². The first-order chi connectivity index (χ1) is 12.1. The predicted molar refractivity (Wildman–Crippen MR) is 91.0 cm³/mol. The lowest BCUT2D eigenvalue weighted by Gasteiger charge is -2.19. The van der Waals surface area contributed by atoms with E-state index in [1.54, 1.807) is 24.3 Å². The molecule has 0 atom stereocenters. The molecule has 1 heterocycles. The summed E-state index contributed by atoms with van der Waals surface area (Å²) in [5, 5.41) is 12.0. The highest BCUT2D eigenvalue weighted by atomic mass is 16.6. The van der Waals surface area contributed by atoms with Crippen molar-refractivity contribution in [2.75, 3.05) is 13.2 Å². The maximum atomic E-state index is 12.0. The van der Waals surface area contributed by atoms with Crippen molar-refractivity contribution in [3.63, 3.8) is 0 Å². The quantitative estimate of drug-likeness (QED) is 0.843. The molecule has 0 radical (unpaired) electrons. The Balaban J connectivity index is 1.53. The molecule has 0 fully saturated rings. The average Bonchev–Trinajstić information content (AvgIpc) is 2.64. The van der Waals surface area contributed by atoms with E-state index in [1.807, 2.05) is 18.2 Å². The molecule has 0 aliphatic carbocycles. The molecule has 0 saturated heterocycles. The molecule has 0 saturated carbocycles. The average molecular weight is 341 g/mol. The number of aromatic carboxylic acids is 1. The minimum absolute atomic E-state index is 0.130. The Morgan fingerprint density at radius 2 is 1.80 bits per heavy atom. The van der Waals surface area contributed by atoms with Crippen molar-refractivity contribution in [1.29, 1.82) is 0 Å². The smallest absolute Gasteiger partial charge is 0.335 e. The van der Waals surface area contributed by atoms with E-state index in [0.717, 1.165) is 5.56 Å². The number of fused-ring (bicyclic) bond motifs is 1. The van der Waals surface area contributed by atoms with Crippen LogP contribution in [0.1, 0.15) is 27.9 Å². The third-order valence-corrected chi connectivity index (χ3v) is 3.97. The molecule has 0 unspecified atom stereocenters. The highest BCUT2D eigenvalue weighted by Gasteiger charge is 2.13. The second kappa shape index (κ2) is 7.70. The fourth-order valence-corrected chi connectivity index (χ4v) is 2.68. The summed E-state index contributed by atoms with van der Waals surface area (Å²) in [6.07, 6.45) is 0.615. The molecule has 130 valence electrons. The van der Waals surface area contributed by atoms with E-state index in [0.29, 0.717) is 43.2 Å². The first kappa shape index (κ1) is 16.8. The summed E-state index contributed by atoms with van der Waals surface area (Å²) in [5.74, 6) is 0.294. The first-order valence-electron chi connectivity index (χ1n) is 8.10. The normalized spacial score (nSPS) is 12.5. The Morgan fingerprint density at radius 3 is 2.60 bits per heavy atom. The minimum atomic E-state index is -0.979. The third-order valence-electron chi connectivity index (χ3n) is 3.97. The molecule has 1 amide bonds. The summed E-state index contributed by atoms with van der Waals surface area (Å²) >= 11 is 0. The molecule has 1 aliphatic rings. The molecule has 2 aromatic rings. The summed E-state index contributed by atoms with van der Waals surface area (Å²) in [6.45, 7) is 1.45. The third kappa shape index (κ3) is 4.29. The summed E-state index contributed by atoms with van der Waals surface area (Å²) in [6, 6.07) is 12.3. The second-order valence-corrected chi connectivity index (χ2v) is 5.72. The molecule has 6 heteroatoms. The van der Waals surface area contributed by atoms with E-state index in [2.05, 4.69) is 5.32 Å². The maximum absolute atomic E-state index is 12.0. The molecule has 1 aliphatic heterocycles. The van der Waals surface area contributed by atoms with Crippen molar-refractivity contribution in [2.45, 2.75) is 19.4 Å². The summed E-state index contributed by atoms with van der Waals surface area (Å²) < 4.78 is 11.0. The van der Waals surface area contributed by atoms with E-state index in [4.69, 9.17) is 14.6 Å². The number of benzene rings is 2. The van der Waals surface area contributed by atoms with E-state index < -0.39 is 5.97 Å². The lowest BCUT2D eigenvalue weighted by molar-refractivity contribution is -0.121.